The van der Waals surface area contributed by atoms with Crippen molar-refractivity contribution in [3.8, 4) is 5.75 Å². The standard InChI is InChI=1S/C12H11NO3S/c1-7(14)16-9-3-4-11-10(5-9)12(6-13-11)17-8(2)15/h3-6,13H,1-2H3. The van der Waals surface area contributed by atoms with Gasteiger partial charge in [0.05, 0.1) is 0 Å². The highest BCUT2D eigenvalue weighted by Gasteiger charge is 2.08. The van der Waals surface area contributed by atoms with E-state index in [0.717, 1.165) is 27.6 Å². The molecule has 5 heteroatoms. The molecule has 1 aromatic carbocycles. The van der Waals surface area contributed by atoms with Gasteiger partial charge in [0.25, 0.3) is 0 Å². The Morgan fingerprint density at radius 3 is 2.71 bits per heavy atom. The minimum absolute atomic E-state index is 0.0174. The molecule has 1 N–H and O–H groups in total. The maximum atomic E-state index is 11.1. The number of aromatic amines is 1. The van der Waals surface area contributed by atoms with E-state index in [2.05, 4.69) is 4.98 Å². The van der Waals surface area contributed by atoms with E-state index in [1.807, 2.05) is 6.07 Å². The number of benzene rings is 1. The molecular weight excluding hydrogens is 238 g/mol. The quantitative estimate of drug-likeness (QED) is 0.505. The first-order valence-corrected chi connectivity index (χ1v) is 5.86. The number of hydrogen-bond acceptors (Lipinski definition) is 4. The average molecular weight is 249 g/mol. The maximum absolute atomic E-state index is 11.1. The van der Waals surface area contributed by atoms with Crippen molar-refractivity contribution >= 4 is 33.7 Å². The zero-order valence-corrected chi connectivity index (χ0v) is 10.3. The zero-order chi connectivity index (χ0) is 12.4. The highest BCUT2D eigenvalue weighted by molar-refractivity contribution is 8.13. The van der Waals surface area contributed by atoms with Gasteiger partial charge in [0.15, 0.2) is 5.12 Å². The van der Waals surface area contributed by atoms with Gasteiger partial charge in [-0.2, -0.15) is 0 Å². The van der Waals surface area contributed by atoms with Crippen molar-refractivity contribution in [3.05, 3.63) is 24.4 Å². The Balaban J connectivity index is 2.42. The van der Waals surface area contributed by atoms with Crippen LogP contribution in [0.5, 0.6) is 5.75 Å². The summed E-state index contributed by atoms with van der Waals surface area (Å²) in [6.45, 7) is 2.87. The van der Waals surface area contributed by atoms with Crippen LogP contribution in [0, 0.1) is 0 Å². The van der Waals surface area contributed by atoms with E-state index in [1.165, 1.54) is 13.8 Å². The van der Waals surface area contributed by atoms with Gasteiger partial charge in [0.2, 0.25) is 0 Å². The number of thioether (sulfide) groups is 1. The molecule has 0 bridgehead atoms. The zero-order valence-electron chi connectivity index (χ0n) is 9.44. The van der Waals surface area contributed by atoms with Crippen molar-refractivity contribution in [3.63, 3.8) is 0 Å². The Bertz CT molecular complexity index is 588. The van der Waals surface area contributed by atoms with Crippen molar-refractivity contribution in [2.45, 2.75) is 18.7 Å². The van der Waals surface area contributed by atoms with Crippen LogP contribution >= 0.6 is 11.8 Å². The average Bonchev–Trinajstić information content (AvgIpc) is 2.59. The molecular formula is C12H11NO3S. The van der Waals surface area contributed by atoms with Crippen LogP contribution in [-0.4, -0.2) is 16.1 Å². The molecule has 2 rings (SSSR count). The normalized spacial score (nSPS) is 10.5. The number of rotatable bonds is 2. The van der Waals surface area contributed by atoms with Gasteiger partial charge in [0, 0.05) is 35.8 Å². The fourth-order valence-corrected chi connectivity index (χ4v) is 2.25. The van der Waals surface area contributed by atoms with Crippen LogP contribution in [0.15, 0.2) is 29.3 Å². The molecule has 0 saturated heterocycles. The monoisotopic (exact) mass is 249 g/mol. The number of carbonyl (C=O) groups excluding carboxylic acids is 2. The lowest BCUT2D eigenvalue weighted by atomic mass is 10.2. The lowest BCUT2D eigenvalue weighted by molar-refractivity contribution is -0.131. The molecule has 0 spiro atoms. The summed E-state index contributed by atoms with van der Waals surface area (Å²) in [4.78, 5) is 25.8. The number of aromatic nitrogens is 1. The van der Waals surface area contributed by atoms with Gasteiger partial charge in [-0.1, -0.05) is 0 Å². The van der Waals surface area contributed by atoms with Crippen LogP contribution in [-0.2, 0) is 9.59 Å². The summed E-state index contributed by atoms with van der Waals surface area (Å²) in [6, 6.07) is 5.28. The van der Waals surface area contributed by atoms with Crippen LogP contribution in [0.4, 0.5) is 0 Å². The van der Waals surface area contributed by atoms with Crippen molar-refractivity contribution in [1.29, 1.82) is 0 Å². The number of carbonyl (C=O) groups is 2. The van der Waals surface area contributed by atoms with Crippen molar-refractivity contribution in [1.82, 2.24) is 4.98 Å². The second kappa shape index (κ2) is 4.63. The lowest BCUT2D eigenvalue weighted by Crippen LogP contribution is -2.00. The Kier molecular flexibility index (Phi) is 3.19. The Morgan fingerprint density at radius 2 is 2.06 bits per heavy atom. The number of H-pyrrole nitrogens is 1. The van der Waals surface area contributed by atoms with Crippen LogP contribution in [0.25, 0.3) is 10.9 Å². The topological polar surface area (TPSA) is 59.2 Å². The smallest absolute Gasteiger partial charge is 0.308 e. The van der Waals surface area contributed by atoms with E-state index in [4.69, 9.17) is 4.74 Å². The SMILES string of the molecule is CC(=O)Oc1ccc2[nH]cc(SC(C)=O)c2c1. The minimum Gasteiger partial charge on any atom is -0.427 e. The summed E-state index contributed by atoms with van der Waals surface area (Å²) >= 11 is 1.15. The highest BCUT2D eigenvalue weighted by atomic mass is 32.2. The van der Waals surface area contributed by atoms with Gasteiger partial charge in [-0.3, -0.25) is 9.59 Å². The summed E-state index contributed by atoms with van der Waals surface area (Å²) in [7, 11) is 0. The fraction of sp³-hybridized carbons (Fsp3) is 0.167. The van der Waals surface area contributed by atoms with Gasteiger partial charge < -0.3 is 9.72 Å². The molecule has 0 amide bonds. The third-order valence-electron chi connectivity index (χ3n) is 2.13. The molecule has 1 heterocycles. The lowest BCUT2D eigenvalue weighted by Gasteiger charge is -2.01. The molecule has 0 radical (unpaired) electrons. The van der Waals surface area contributed by atoms with Gasteiger partial charge in [-0.05, 0) is 30.0 Å². The number of hydrogen-bond donors (Lipinski definition) is 1. The molecule has 0 atom stereocenters. The number of ether oxygens (including phenoxy) is 1. The number of nitrogens with one attached hydrogen (secondary N) is 1. The third-order valence-corrected chi connectivity index (χ3v) is 2.98. The van der Waals surface area contributed by atoms with Gasteiger partial charge in [-0.15, -0.1) is 0 Å². The number of fused-ring (bicyclic) bond motifs is 1. The van der Waals surface area contributed by atoms with Crippen molar-refractivity contribution < 1.29 is 14.3 Å². The van der Waals surface area contributed by atoms with Crippen molar-refractivity contribution in [2.75, 3.05) is 0 Å². The van der Waals surface area contributed by atoms with Crippen LogP contribution in [0.1, 0.15) is 13.8 Å². The minimum atomic E-state index is -0.361. The summed E-state index contributed by atoms with van der Waals surface area (Å²) < 4.78 is 5.00. The molecule has 0 fully saturated rings. The predicted octanol–water partition coefficient (Wildman–Crippen LogP) is 2.73. The summed E-state index contributed by atoms with van der Waals surface area (Å²) in [5.41, 5.74) is 0.907. The first-order valence-electron chi connectivity index (χ1n) is 5.04. The maximum Gasteiger partial charge on any atom is 0.308 e. The van der Waals surface area contributed by atoms with E-state index in [-0.39, 0.29) is 11.1 Å². The summed E-state index contributed by atoms with van der Waals surface area (Å²) in [6.07, 6.45) is 1.77. The van der Waals surface area contributed by atoms with Gasteiger partial charge in [-0.25, -0.2) is 0 Å². The van der Waals surface area contributed by atoms with Gasteiger partial charge >= 0.3 is 5.97 Å². The highest BCUT2D eigenvalue weighted by Crippen LogP contribution is 2.30. The van der Waals surface area contributed by atoms with Crippen molar-refractivity contribution in [2.24, 2.45) is 0 Å². The Hall–Kier alpha value is -1.75. The second-order valence-corrected chi connectivity index (χ2v) is 4.77. The molecule has 0 aliphatic carbocycles. The van der Waals surface area contributed by atoms with E-state index < -0.39 is 0 Å². The van der Waals surface area contributed by atoms with E-state index in [1.54, 1.807) is 18.3 Å². The molecule has 2 aromatic rings. The first-order chi connectivity index (χ1) is 8.06. The molecule has 0 saturated carbocycles. The van der Waals surface area contributed by atoms with Crippen LogP contribution in [0.3, 0.4) is 0 Å². The number of esters is 1. The van der Waals surface area contributed by atoms with E-state index >= 15 is 0 Å². The molecule has 88 valence electrons. The van der Waals surface area contributed by atoms with E-state index in [9.17, 15) is 9.59 Å². The van der Waals surface area contributed by atoms with E-state index in [0.29, 0.717) is 5.75 Å². The molecule has 0 aliphatic heterocycles. The summed E-state index contributed by atoms with van der Waals surface area (Å²) in [5.74, 6) is 0.121. The molecule has 1 aromatic heterocycles. The predicted molar refractivity (Wildman–Crippen MR) is 66.1 cm³/mol. The first kappa shape index (κ1) is 11.7. The Labute approximate surface area is 102 Å². The Morgan fingerprint density at radius 1 is 1.29 bits per heavy atom. The van der Waals surface area contributed by atoms with Crippen LogP contribution in [0.2, 0.25) is 0 Å². The molecule has 17 heavy (non-hydrogen) atoms. The van der Waals surface area contributed by atoms with Crippen LogP contribution < -0.4 is 4.74 Å². The fourth-order valence-electron chi connectivity index (χ4n) is 1.54. The molecule has 4 nitrogen and oxygen atoms in total. The molecule has 0 aliphatic rings. The largest absolute Gasteiger partial charge is 0.427 e. The van der Waals surface area contributed by atoms with Gasteiger partial charge in [0.1, 0.15) is 5.75 Å². The molecule has 0 unspecified atom stereocenters. The summed E-state index contributed by atoms with van der Waals surface area (Å²) in [5, 5.41) is 0.896. The third kappa shape index (κ3) is 2.68. The second-order valence-electron chi connectivity index (χ2n) is 3.55.